The molecule has 0 aromatic rings. The molecule has 9 nitrogen and oxygen atoms in total. The number of halogens is 1. The van der Waals surface area contributed by atoms with E-state index in [1.807, 2.05) is 32.6 Å². The highest BCUT2D eigenvalue weighted by molar-refractivity contribution is 14.0. The van der Waals surface area contributed by atoms with Crippen molar-refractivity contribution in [1.29, 1.82) is 0 Å². The Morgan fingerprint density at radius 1 is 1.26 bits per heavy atom. The highest BCUT2D eigenvalue weighted by atomic mass is 127. The number of hydrogen-bond acceptors (Lipinski definition) is 5. The normalized spacial score (nSPS) is 17.1. The quantitative estimate of drug-likeness (QED) is 0.209. The molecule has 1 atom stereocenters. The van der Waals surface area contributed by atoms with Gasteiger partial charge in [0, 0.05) is 33.3 Å². The molecule has 158 valence electrons. The summed E-state index contributed by atoms with van der Waals surface area (Å²) in [5, 5.41) is 8.81. The Bertz CT molecular complexity index is 496. The van der Waals surface area contributed by atoms with Gasteiger partial charge in [0.25, 0.3) is 0 Å². The van der Waals surface area contributed by atoms with Crippen molar-refractivity contribution >= 4 is 41.9 Å². The van der Waals surface area contributed by atoms with Crippen molar-refractivity contribution in [1.82, 2.24) is 20.9 Å². The standard InChI is InChI=1S/C17H33N5O4.HI/c1-6-18-15(20-11-14(23)19-8-10-25-5)22-9-7-13(12-22)21-16(24)26-17(2,3)4;/h13H,6-12H2,1-5H3,(H,18,20)(H,19,23)(H,21,24);1H. The summed E-state index contributed by atoms with van der Waals surface area (Å²) in [4.78, 5) is 30.1. The Labute approximate surface area is 179 Å². The summed E-state index contributed by atoms with van der Waals surface area (Å²) in [6, 6.07) is -0.00997. The Morgan fingerprint density at radius 3 is 2.56 bits per heavy atom. The van der Waals surface area contributed by atoms with Crippen molar-refractivity contribution in [3.05, 3.63) is 0 Å². The number of hydrogen-bond donors (Lipinski definition) is 3. The van der Waals surface area contributed by atoms with E-state index in [-0.39, 0.29) is 42.5 Å². The summed E-state index contributed by atoms with van der Waals surface area (Å²) in [5.74, 6) is 0.517. The summed E-state index contributed by atoms with van der Waals surface area (Å²) in [7, 11) is 1.59. The van der Waals surface area contributed by atoms with Crippen molar-refractivity contribution in [3.63, 3.8) is 0 Å². The number of alkyl carbamates (subject to hydrolysis) is 1. The Balaban J connectivity index is 0.00000676. The van der Waals surface area contributed by atoms with Gasteiger partial charge in [0.2, 0.25) is 5.91 Å². The van der Waals surface area contributed by atoms with Crippen LogP contribution >= 0.6 is 24.0 Å². The minimum absolute atomic E-state index is 0. The molecule has 0 aromatic carbocycles. The minimum Gasteiger partial charge on any atom is -0.444 e. The number of amides is 2. The average Bonchev–Trinajstić information content (AvgIpc) is 2.98. The van der Waals surface area contributed by atoms with Crippen LogP contribution in [0.4, 0.5) is 4.79 Å². The third-order valence-corrected chi connectivity index (χ3v) is 3.54. The Morgan fingerprint density at radius 2 is 1.96 bits per heavy atom. The number of rotatable bonds is 7. The molecule has 1 fully saturated rings. The van der Waals surface area contributed by atoms with Crippen molar-refractivity contribution in [2.75, 3.05) is 46.4 Å². The smallest absolute Gasteiger partial charge is 0.407 e. The number of guanidine groups is 1. The lowest BCUT2D eigenvalue weighted by Crippen LogP contribution is -2.44. The molecular formula is C17H34IN5O4. The lowest BCUT2D eigenvalue weighted by Gasteiger charge is -2.23. The van der Waals surface area contributed by atoms with E-state index in [0.29, 0.717) is 32.2 Å². The van der Waals surface area contributed by atoms with E-state index in [0.717, 1.165) is 13.0 Å². The number of carbonyl (C=O) groups is 2. The van der Waals surface area contributed by atoms with Crippen LogP contribution in [-0.2, 0) is 14.3 Å². The summed E-state index contributed by atoms with van der Waals surface area (Å²) >= 11 is 0. The van der Waals surface area contributed by atoms with Gasteiger partial charge in [0.1, 0.15) is 12.1 Å². The molecular weight excluding hydrogens is 465 g/mol. The highest BCUT2D eigenvalue weighted by Crippen LogP contribution is 2.12. The van der Waals surface area contributed by atoms with Crippen LogP contribution in [0.15, 0.2) is 4.99 Å². The summed E-state index contributed by atoms with van der Waals surface area (Å²) in [5.41, 5.74) is -0.519. The molecule has 0 saturated carbocycles. The second-order valence-corrected chi connectivity index (χ2v) is 7.09. The molecule has 1 heterocycles. The van der Waals surface area contributed by atoms with E-state index in [9.17, 15) is 9.59 Å². The van der Waals surface area contributed by atoms with Gasteiger partial charge < -0.3 is 30.3 Å². The van der Waals surface area contributed by atoms with Gasteiger partial charge in [-0.25, -0.2) is 9.79 Å². The molecule has 3 N–H and O–H groups in total. The number of likely N-dealkylation sites (tertiary alicyclic amines) is 1. The van der Waals surface area contributed by atoms with Crippen LogP contribution in [0.3, 0.4) is 0 Å². The zero-order valence-corrected chi connectivity index (χ0v) is 19.3. The third-order valence-electron chi connectivity index (χ3n) is 3.54. The van der Waals surface area contributed by atoms with Gasteiger partial charge in [-0.2, -0.15) is 0 Å². The Hall–Kier alpha value is -1.30. The van der Waals surface area contributed by atoms with E-state index in [1.54, 1.807) is 7.11 Å². The topological polar surface area (TPSA) is 104 Å². The van der Waals surface area contributed by atoms with Gasteiger partial charge >= 0.3 is 6.09 Å². The number of carbonyl (C=O) groups excluding carboxylic acids is 2. The van der Waals surface area contributed by atoms with Crippen LogP contribution in [0, 0.1) is 0 Å². The molecule has 1 saturated heterocycles. The van der Waals surface area contributed by atoms with E-state index >= 15 is 0 Å². The van der Waals surface area contributed by atoms with Gasteiger partial charge in [0.15, 0.2) is 5.96 Å². The van der Waals surface area contributed by atoms with Gasteiger partial charge in [-0.3, -0.25) is 4.79 Å². The molecule has 1 unspecified atom stereocenters. The van der Waals surface area contributed by atoms with Crippen molar-refractivity contribution in [3.8, 4) is 0 Å². The van der Waals surface area contributed by atoms with Crippen LogP contribution in [0.1, 0.15) is 34.1 Å². The average molecular weight is 499 g/mol. The van der Waals surface area contributed by atoms with E-state index in [4.69, 9.17) is 9.47 Å². The van der Waals surface area contributed by atoms with Gasteiger partial charge in [-0.05, 0) is 34.1 Å². The predicted octanol–water partition coefficient (Wildman–Crippen LogP) is 0.932. The second-order valence-electron chi connectivity index (χ2n) is 7.09. The molecule has 1 aliphatic heterocycles. The third kappa shape index (κ3) is 11.2. The minimum atomic E-state index is -0.519. The maximum atomic E-state index is 11.9. The first-order valence-electron chi connectivity index (χ1n) is 9.03. The zero-order chi connectivity index (χ0) is 19.6. The number of methoxy groups -OCH3 is 1. The van der Waals surface area contributed by atoms with Gasteiger partial charge in [-0.1, -0.05) is 0 Å². The first-order valence-corrected chi connectivity index (χ1v) is 9.03. The maximum absolute atomic E-state index is 11.9. The maximum Gasteiger partial charge on any atom is 0.407 e. The van der Waals surface area contributed by atoms with Crippen LogP contribution in [0.5, 0.6) is 0 Å². The predicted molar refractivity (Wildman–Crippen MR) is 116 cm³/mol. The second kappa shape index (κ2) is 13.0. The number of nitrogens with one attached hydrogen (secondary N) is 3. The Kier molecular flexibility index (Phi) is 12.4. The van der Waals surface area contributed by atoms with Crippen molar-refractivity contribution in [2.24, 2.45) is 4.99 Å². The largest absolute Gasteiger partial charge is 0.444 e. The zero-order valence-electron chi connectivity index (χ0n) is 17.0. The fraction of sp³-hybridized carbons (Fsp3) is 0.824. The van der Waals surface area contributed by atoms with Gasteiger partial charge in [0.05, 0.1) is 12.6 Å². The lowest BCUT2D eigenvalue weighted by molar-refractivity contribution is -0.119. The van der Waals surface area contributed by atoms with Crippen molar-refractivity contribution < 1.29 is 19.1 Å². The number of nitrogens with zero attached hydrogens (tertiary/aromatic N) is 2. The monoisotopic (exact) mass is 499 g/mol. The molecule has 1 aliphatic rings. The lowest BCUT2D eigenvalue weighted by atomic mass is 10.2. The van der Waals surface area contributed by atoms with Crippen LogP contribution < -0.4 is 16.0 Å². The number of aliphatic imine (C=N–C) groups is 1. The van der Waals surface area contributed by atoms with Crippen LogP contribution in [0.25, 0.3) is 0 Å². The molecule has 1 rings (SSSR count). The SMILES string of the molecule is CCNC(=NCC(=O)NCCOC)N1CCC(NC(=O)OC(C)(C)C)C1.I. The van der Waals surface area contributed by atoms with E-state index < -0.39 is 11.7 Å². The van der Waals surface area contributed by atoms with Gasteiger partial charge in [-0.15, -0.1) is 24.0 Å². The fourth-order valence-corrected chi connectivity index (χ4v) is 2.47. The molecule has 27 heavy (non-hydrogen) atoms. The van der Waals surface area contributed by atoms with E-state index in [2.05, 4.69) is 20.9 Å². The molecule has 0 aromatic heterocycles. The van der Waals surface area contributed by atoms with Crippen molar-refractivity contribution in [2.45, 2.75) is 45.8 Å². The number of ether oxygens (including phenoxy) is 2. The fourth-order valence-electron chi connectivity index (χ4n) is 2.47. The van der Waals surface area contributed by atoms with Crippen LogP contribution in [-0.4, -0.2) is 80.9 Å². The highest BCUT2D eigenvalue weighted by Gasteiger charge is 2.27. The van der Waals surface area contributed by atoms with E-state index in [1.165, 1.54) is 0 Å². The molecule has 10 heteroatoms. The molecule has 0 aliphatic carbocycles. The molecule has 2 amide bonds. The molecule has 0 spiro atoms. The summed E-state index contributed by atoms with van der Waals surface area (Å²) in [6.45, 7) is 10.5. The summed E-state index contributed by atoms with van der Waals surface area (Å²) in [6.07, 6.45) is 0.382. The first kappa shape index (κ1) is 25.7. The molecule has 0 bridgehead atoms. The summed E-state index contributed by atoms with van der Waals surface area (Å²) < 4.78 is 10.2. The van der Waals surface area contributed by atoms with Crippen LogP contribution in [0.2, 0.25) is 0 Å². The molecule has 0 radical (unpaired) electrons. The first-order chi connectivity index (χ1) is 12.2.